The van der Waals surface area contributed by atoms with Gasteiger partial charge in [-0.3, -0.25) is 9.59 Å². The lowest BCUT2D eigenvalue weighted by Crippen LogP contribution is -2.20. The van der Waals surface area contributed by atoms with Crippen LogP contribution < -0.4 is 10.1 Å². The van der Waals surface area contributed by atoms with Crippen molar-refractivity contribution in [1.82, 2.24) is 0 Å². The molecule has 104 valence electrons. The molecule has 0 spiro atoms. The fraction of sp³-hybridized carbons (Fsp3) is 0.273. The molecule has 1 rings (SSSR count). The molecule has 0 unspecified atom stereocenters. The molecule has 0 aliphatic heterocycles. The van der Waals surface area contributed by atoms with Gasteiger partial charge in [0.2, 0.25) is 5.91 Å². The molecule has 0 aromatic heterocycles. The number of halogens is 4. The molecule has 0 fully saturated rings. The van der Waals surface area contributed by atoms with Crippen LogP contribution in [-0.2, 0) is 9.59 Å². The number of anilines is 1. The number of benzene rings is 1. The third kappa shape index (κ3) is 5.73. The topological polar surface area (TPSA) is 55.4 Å². The van der Waals surface area contributed by atoms with Crippen LogP contribution in [0.4, 0.5) is 18.9 Å². The molecule has 0 heterocycles. The van der Waals surface area contributed by atoms with Crippen LogP contribution in [0.25, 0.3) is 0 Å². The van der Waals surface area contributed by atoms with E-state index in [2.05, 4.69) is 26.0 Å². The van der Waals surface area contributed by atoms with Gasteiger partial charge in [-0.2, -0.15) is 0 Å². The average Bonchev–Trinajstić information content (AvgIpc) is 2.18. The largest absolute Gasteiger partial charge is 0.573 e. The molecule has 0 radical (unpaired) electrons. The van der Waals surface area contributed by atoms with Gasteiger partial charge >= 0.3 is 6.36 Å². The number of carbonyl (C=O) groups excluding carboxylic acids is 2. The van der Waals surface area contributed by atoms with E-state index in [0.29, 0.717) is 4.47 Å². The van der Waals surface area contributed by atoms with Crippen LogP contribution in [0, 0.1) is 0 Å². The average molecular weight is 340 g/mol. The minimum atomic E-state index is -4.87. The summed E-state index contributed by atoms with van der Waals surface area (Å²) < 4.78 is 40.7. The number of ketones is 1. The first kappa shape index (κ1) is 15.5. The minimum Gasteiger partial charge on any atom is -0.404 e. The SMILES string of the molecule is CC(=O)CC(=O)Nc1ccc(Br)cc1OC(F)(F)F. The Labute approximate surface area is 115 Å². The Kier molecular flexibility index (Phi) is 4.93. The summed E-state index contributed by atoms with van der Waals surface area (Å²) in [6.45, 7) is 1.20. The molecule has 0 atom stereocenters. The molecule has 0 saturated heterocycles. The fourth-order valence-corrected chi connectivity index (χ4v) is 1.57. The molecular weight excluding hydrogens is 331 g/mol. The van der Waals surface area contributed by atoms with Crippen LogP contribution in [0.2, 0.25) is 0 Å². The predicted molar refractivity (Wildman–Crippen MR) is 64.8 cm³/mol. The Hall–Kier alpha value is -1.57. The van der Waals surface area contributed by atoms with E-state index in [4.69, 9.17) is 0 Å². The van der Waals surface area contributed by atoms with E-state index in [1.807, 2.05) is 0 Å². The standard InChI is InChI=1S/C11H9BrF3NO3/c1-6(17)4-10(18)16-8-3-2-7(12)5-9(8)19-11(13,14)15/h2-3,5H,4H2,1H3,(H,16,18). The Bertz CT molecular complexity index is 502. The van der Waals surface area contributed by atoms with E-state index in [9.17, 15) is 22.8 Å². The molecule has 19 heavy (non-hydrogen) atoms. The van der Waals surface area contributed by atoms with E-state index >= 15 is 0 Å². The molecular formula is C11H9BrF3NO3. The van der Waals surface area contributed by atoms with Crippen molar-refractivity contribution in [1.29, 1.82) is 0 Å². The summed E-state index contributed by atoms with van der Waals surface area (Å²) in [4.78, 5) is 22.1. The van der Waals surface area contributed by atoms with E-state index in [0.717, 1.165) is 6.07 Å². The van der Waals surface area contributed by atoms with Crippen LogP contribution in [0.5, 0.6) is 5.75 Å². The fourth-order valence-electron chi connectivity index (χ4n) is 1.23. The van der Waals surface area contributed by atoms with Gasteiger partial charge in [0.25, 0.3) is 0 Å². The summed E-state index contributed by atoms with van der Waals surface area (Å²) in [7, 11) is 0. The maximum absolute atomic E-state index is 12.2. The van der Waals surface area contributed by atoms with Gasteiger partial charge in [0.05, 0.1) is 12.1 Å². The maximum Gasteiger partial charge on any atom is 0.573 e. The number of alkyl halides is 3. The molecule has 4 nitrogen and oxygen atoms in total. The zero-order valence-electron chi connectivity index (χ0n) is 9.68. The second kappa shape index (κ2) is 6.05. The van der Waals surface area contributed by atoms with E-state index < -0.39 is 30.2 Å². The highest BCUT2D eigenvalue weighted by Gasteiger charge is 2.32. The van der Waals surface area contributed by atoms with Gasteiger partial charge in [0.1, 0.15) is 5.78 Å². The summed E-state index contributed by atoms with van der Waals surface area (Å²) >= 11 is 3.00. The van der Waals surface area contributed by atoms with Crippen molar-refractivity contribution in [2.45, 2.75) is 19.7 Å². The molecule has 0 aliphatic rings. The Morgan fingerprint density at radius 3 is 2.53 bits per heavy atom. The lowest BCUT2D eigenvalue weighted by molar-refractivity contribution is -0.274. The summed E-state index contributed by atoms with van der Waals surface area (Å²) in [5.41, 5.74) is -0.160. The second-order valence-corrected chi connectivity index (χ2v) is 4.53. The monoisotopic (exact) mass is 339 g/mol. The zero-order chi connectivity index (χ0) is 14.6. The van der Waals surface area contributed by atoms with E-state index in [1.165, 1.54) is 19.1 Å². The Balaban J connectivity index is 2.93. The first-order chi connectivity index (χ1) is 8.67. The van der Waals surface area contributed by atoms with Gasteiger partial charge in [-0.15, -0.1) is 13.2 Å². The smallest absolute Gasteiger partial charge is 0.404 e. The number of nitrogens with one attached hydrogen (secondary N) is 1. The molecule has 1 aromatic rings. The van der Waals surface area contributed by atoms with Crippen LogP contribution in [0.15, 0.2) is 22.7 Å². The summed E-state index contributed by atoms with van der Waals surface area (Å²) in [6, 6.07) is 3.74. The highest BCUT2D eigenvalue weighted by molar-refractivity contribution is 9.10. The highest BCUT2D eigenvalue weighted by Crippen LogP contribution is 2.32. The molecule has 0 bridgehead atoms. The summed E-state index contributed by atoms with van der Waals surface area (Å²) in [5.74, 6) is -1.66. The maximum atomic E-state index is 12.2. The third-order valence-corrected chi connectivity index (χ3v) is 2.35. The minimum absolute atomic E-state index is 0.160. The third-order valence-electron chi connectivity index (χ3n) is 1.85. The molecule has 0 aliphatic carbocycles. The van der Waals surface area contributed by atoms with E-state index in [-0.39, 0.29) is 5.69 Å². The van der Waals surface area contributed by atoms with Gasteiger partial charge < -0.3 is 10.1 Å². The van der Waals surface area contributed by atoms with Gasteiger partial charge in [0.15, 0.2) is 5.75 Å². The number of hydrogen-bond acceptors (Lipinski definition) is 3. The van der Waals surface area contributed by atoms with Crippen molar-refractivity contribution in [2.24, 2.45) is 0 Å². The van der Waals surface area contributed by atoms with Crippen molar-refractivity contribution in [3.05, 3.63) is 22.7 Å². The van der Waals surface area contributed by atoms with Gasteiger partial charge in [-0.25, -0.2) is 0 Å². The number of carbonyl (C=O) groups is 2. The van der Waals surface area contributed by atoms with Crippen LogP contribution >= 0.6 is 15.9 Å². The summed E-state index contributed by atoms with van der Waals surface area (Å²) in [6.07, 6.45) is -5.29. The Morgan fingerprint density at radius 1 is 1.37 bits per heavy atom. The first-order valence-corrected chi connectivity index (χ1v) is 5.81. The number of amides is 1. The van der Waals surface area contributed by atoms with Crippen molar-refractivity contribution in [2.75, 3.05) is 5.32 Å². The van der Waals surface area contributed by atoms with Crippen LogP contribution in [0.3, 0.4) is 0 Å². The predicted octanol–water partition coefficient (Wildman–Crippen LogP) is 3.27. The normalized spacial score (nSPS) is 11.0. The van der Waals surface area contributed by atoms with Crippen LogP contribution in [-0.4, -0.2) is 18.1 Å². The lowest BCUT2D eigenvalue weighted by atomic mass is 10.2. The number of hydrogen-bond donors (Lipinski definition) is 1. The van der Waals surface area contributed by atoms with Gasteiger partial charge in [0, 0.05) is 4.47 Å². The molecule has 0 saturated carbocycles. The second-order valence-electron chi connectivity index (χ2n) is 3.62. The van der Waals surface area contributed by atoms with Gasteiger partial charge in [-0.05, 0) is 25.1 Å². The van der Waals surface area contributed by atoms with E-state index in [1.54, 1.807) is 0 Å². The van der Waals surface area contributed by atoms with Crippen molar-refractivity contribution in [3.8, 4) is 5.75 Å². The number of Topliss-reactive ketones (excluding diaryl/α,β-unsaturated/α-hetero) is 1. The van der Waals surface area contributed by atoms with Crippen LogP contribution in [0.1, 0.15) is 13.3 Å². The zero-order valence-corrected chi connectivity index (χ0v) is 11.3. The van der Waals surface area contributed by atoms with Crippen molar-refractivity contribution in [3.63, 3.8) is 0 Å². The number of ether oxygens (including phenoxy) is 1. The van der Waals surface area contributed by atoms with Gasteiger partial charge in [-0.1, -0.05) is 15.9 Å². The molecule has 8 heteroatoms. The Morgan fingerprint density at radius 2 is 2.00 bits per heavy atom. The van der Waals surface area contributed by atoms with Crippen molar-refractivity contribution < 1.29 is 27.5 Å². The lowest BCUT2D eigenvalue weighted by Gasteiger charge is -2.14. The molecule has 1 amide bonds. The highest BCUT2D eigenvalue weighted by atomic mass is 79.9. The van der Waals surface area contributed by atoms with Crippen molar-refractivity contribution >= 4 is 33.3 Å². The first-order valence-electron chi connectivity index (χ1n) is 5.02. The quantitative estimate of drug-likeness (QED) is 0.856. The molecule has 1 N–H and O–H groups in total. The number of rotatable bonds is 4. The summed E-state index contributed by atoms with van der Waals surface area (Å²) in [5, 5.41) is 2.19. The molecule has 1 aromatic carbocycles.